The van der Waals surface area contributed by atoms with Crippen molar-refractivity contribution in [1.82, 2.24) is 15.1 Å². The van der Waals surface area contributed by atoms with Gasteiger partial charge in [0.15, 0.2) is 0 Å². The molecule has 0 radical (unpaired) electrons. The topological polar surface area (TPSA) is 77.7 Å². The average Bonchev–Trinajstić information content (AvgIpc) is 3.16. The first kappa shape index (κ1) is 18.6. The van der Waals surface area contributed by atoms with Gasteiger partial charge in [-0.3, -0.25) is 4.79 Å². The number of nitrogens with zero attached hydrogens (tertiary/aromatic N) is 3. The molecule has 0 aliphatic carbocycles. The Morgan fingerprint density at radius 2 is 1.77 bits per heavy atom. The second kappa shape index (κ2) is 8.44. The minimum atomic E-state index is -0.263. The Kier molecular flexibility index (Phi) is 6.03. The number of likely N-dealkylation sites (tertiary alicyclic amines) is 1. The first-order valence-corrected chi connectivity index (χ1v) is 9.51. The molecule has 2 heterocycles. The molecule has 1 fully saturated rings. The summed E-state index contributed by atoms with van der Waals surface area (Å²) in [4.78, 5) is 14.5. The average molecular weight is 377 g/mol. The number of ether oxygens (including phenoxy) is 2. The monoisotopic (exact) mass is 377 g/mol. The van der Waals surface area contributed by atoms with E-state index < -0.39 is 0 Å². The van der Waals surface area contributed by atoms with Gasteiger partial charge in [-0.05, 0) is 38.3 Å². The first-order valence-electron chi connectivity index (χ1n) is 8.63. The zero-order valence-electron chi connectivity index (χ0n) is 15.2. The molecule has 1 saturated heterocycles. The number of piperidine rings is 1. The summed E-state index contributed by atoms with van der Waals surface area (Å²) in [6, 6.07) is 5.37. The fourth-order valence-corrected chi connectivity index (χ4v) is 3.65. The molecule has 3 rings (SSSR count). The molecule has 1 atom stereocenters. The van der Waals surface area contributed by atoms with E-state index in [0.717, 1.165) is 25.9 Å². The van der Waals surface area contributed by atoms with Crippen LogP contribution in [0.15, 0.2) is 27.8 Å². The Hall–Kier alpha value is -2.22. The molecule has 0 spiro atoms. The number of aromatic nitrogens is 2. The molecule has 1 aliphatic heterocycles. The number of hydrogen-bond donors (Lipinski definition) is 0. The Morgan fingerprint density at radius 1 is 1.12 bits per heavy atom. The van der Waals surface area contributed by atoms with Crippen molar-refractivity contribution in [3.05, 3.63) is 18.2 Å². The van der Waals surface area contributed by atoms with Gasteiger partial charge in [0, 0.05) is 24.7 Å². The Morgan fingerprint density at radius 3 is 2.38 bits per heavy atom. The predicted molar refractivity (Wildman–Crippen MR) is 98.6 cm³/mol. The molecule has 0 unspecified atom stereocenters. The van der Waals surface area contributed by atoms with Gasteiger partial charge in [0.05, 0.1) is 19.5 Å². The van der Waals surface area contributed by atoms with Crippen LogP contribution in [0.4, 0.5) is 0 Å². The molecule has 1 amide bonds. The summed E-state index contributed by atoms with van der Waals surface area (Å²) >= 11 is 1.29. The minimum absolute atomic E-state index is 0.123. The van der Waals surface area contributed by atoms with Crippen LogP contribution in [-0.2, 0) is 4.79 Å². The molecule has 8 heteroatoms. The molecule has 26 heavy (non-hydrogen) atoms. The van der Waals surface area contributed by atoms with Crippen LogP contribution < -0.4 is 9.47 Å². The van der Waals surface area contributed by atoms with Gasteiger partial charge < -0.3 is 18.8 Å². The summed E-state index contributed by atoms with van der Waals surface area (Å²) < 4.78 is 16.3. The third-order valence-electron chi connectivity index (χ3n) is 4.30. The van der Waals surface area contributed by atoms with E-state index in [0.29, 0.717) is 28.2 Å². The Balaban J connectivity index is 1.70. The van der Waals surface area contributed by atoms with Crippen molar-refractivity contribution < 1.29 is 18.7 Å². The van der Waals surface area contributed by atoms with Gasteiger partial charge in [-0.25, -0.2) is 0 Å². The zero-order valence-corrected chi connectivity index (χ0v) is 16.0. The van der Waals surface area contributed by atoms with Crippen LogP contribution in [0.3, 0.4) is 0 Å². The highest BCUT2D eigenvalue weighted by Gasteiger charge is 2.25. The fourth-order valence-electron chi connectivity index (χ4n) is 2.88. The Labute approximate surface area is 157 Å². The van der Waals surface area contributed by atoms with Crippen molar-refractivity contribution in [2.75, 3.05) is 27.3 Å². The summed E-state index contributed by atoms with van der Waals surface area (Å²) in [7, 11) is 3.17. The first-order chi connectivity index (χ1) is 12.6. The molecule has 0 bridgehead atoms. The third-order valence-corrected chi connectivity index (χ3v) is 5.22. The summed E-state index contributed by atoms with van der Waals surface area (Å²) in [6.45, 7) is 3.55. The molecule has 1 aliphatic rings. The number of benzene rings is 1. The molecule has 2 aromatic rings. The number of carbonyl (C=O) groups is 1. The second-order valence-corrected chi connectivity index (χ2v) is 7.41. The molecule has 1 aromatic carbocycles. The van der Waals surface area contributed by atoms with E-state index in [9.17, 15) is 4.79 Å². The number of thioether (sulfide) groups is 1. The van der Waals surface area contributed by atoms with Crippen molar-refractivity contribution in [1.29, 1.82) is 0 Å². The lowest BCUT2D eigenvalue weighted by Gasteiger charge is -2.28. The number of amides is 1. The van der Waals surface area contributed by atoms with Crippen molar-refractivity contribution in [2.24, 2.45) is 0 Å². The van der Waals surface area contributed by atoms with Gasteiger partial charge in [-0.2, -0.15) is 0 Å². The van der Waals surface area contributed by atoms with Gasteiger partial charge in [0.1, 0.15) is 11.5 Å². The highest BCUT2D eigenvalue weighted by atomic mass is 32.2. The van der Waals surface area contributed by atoms with Gasteiger partial charge in [-0.1, -0.05) is 11.8 Å². The lowest BCUT2D eigenvalue weighted by Crippen LogP contribution is -2.40. The number of rotatable bonds is 6. The zero-order chi connectivity index (χ0) is 18.5. The number of methoxy groups -OCH3 is 2. The SMILES string of the molecule is COc1cc(OC)cc(-c2nnc(S[C@H](C)C(=O)N3CCCCC3)o2)c1. The van der Waals surface area contributed by atoms with Gasteiger partial charge >= 0.3 is 0 Å². The quantitative estimate of drug-likeness (QED) is 0.715. The van der Waals surface area contributed by atoms with Crippen LogP contribution in [0, 0.1) is 0 Å². The van der Waals surface area contributed by atoms with Gasteiger partial charge in [-0.15, -0.1) is 10.2 Å². The molecule has 0 N–H and O–H groups in total. The van der Waals surface area contributed by atoms with Gasteiger partial charge in [0.2, 0.25) is 11.8 Å². The van der Waals surface area contributed by atoms with E-state index in [2.05, 4.69) is 10.2 Å². The van der Waals surface area contributed by atoms with E-state index in [1.54, 1.807) is 32.4 Å². The van der Waals surface area contributed by atoms with Crippen LogP contribution >= 0.6 is 11.8 Å². The van der Waals surface area contributed by atoms with E-state index in [1.807, 2.05) is 11.8 Å². The number of carbonyl (C=O) groups excluding carboxylic acids is 1. The normalized spacial score (nSPS) is 15.6. The van der Waals surface area contributed by atoms with E-state index >= 15 is 0 Å². The van der Waals surface area contributed by atoms with E-state index in [4.69, 9.17) is 13.9 Å². The lowest BCUT2D eigenvalue weighted by atomic mass is 10.1. The second-order valence-electron chi connectivity index (χ2n) is 6.12. The smallest absolute Gasteiger partial charge is 0.277 e. The molecular weight excluding hydrogens is 354 g/mol. The summed E-state index contributed by atoms with van der Waals surface area (Å²) in [5.41, 5.74) is 0.704. The van der Waals surface area contributed by atoms with E-state index in [1.165, 1.54) is 18.2 Å². The van der Waals surface area contributed by atoms with Crippen LogP contribution in [0.1, 0.15) is 26.2 Å². The fraction of sp³-hybridized carbons (Fsp3) is 0.500. The van der Waals surface area contributed by atoms with Gasteiger partial charge in [0.25, 0.3) is 5.22 Å². The van der Waals surface area contributed by atoms with Crippen molar-refractivity contribution in [3.8, 4) is 23.0 Å². The molecule has 0 saturated carbocycles. The summed E-state index contributed by atoms with van der Waals surface area (Å²) in [5, 5.41) is 8.27. The van der Waals surface area contributed by atoms with Crippen molar-refractivity contribution in [2.45, 2.75) is 36.7 Å². The Bertz CT molecular complexity index is 736. The molecular formula is C18H23N3O4S. The molecule has 7 nitrogen and oxygen atoms in total. The maximum atomic E-state index is 12.5. The van der Waals surface area contributed by atoms with Crippen LogP contribution in [-0.4, -0.2) is 53.6 Å². The molecule has 1 aromatic heterocycles. The predicted octanol–water partition coefficient (Wildman–Crippen LogP) is 3.25. The largest absolute Gasteiger partial charge is 0.497 e. The van der Waals surface area contributed by atoms with Crippen LogP contribution in [0.25, 0.3) is 11.5 Å². The van der Waals surface area contributed by atoms with Crippen molar-refractivity contribution in [3.63, 3.8) is 0 Å². The maximum Gasteiger partial charge on any atom is 0.277 e. The minimum Gasteiger partial charge on any atom is -0.497 e. The highest BCUT2D eigenvalue weighted by Crippen LogP contribution is 2.31. The maximum absolute atomic E-state index is 12.5. The van der Waals surface area contributed by atoms with Crippen LogP contribution in [0.5, 0.6) is 11.5 Å². The van der Waals surface area contributed by atoms with Crippen LogP contribution in [0.2, 0.25) is 0 Å². The standard InChI is InChI=1S/C18H23N3O4S/c1-12(17(22)21-7-5-4-6-8-21)26-18-20-19-16(25-18)13-9-14(23-2)11-15(10-13)24-3/h9-12H,4-8H2,1-3H3/t12-/m1/s1. The lowest BCUT2D eigenvalue weighted by molar-refractivity contribution is -0.131. The van der Waals surface area contributed by atoms with Crippen molar-refractivity contribution >= 4 is 17.7 Å². The summed E-state index contributed by atoms with van der Waals surface area (Å²) in [6.07, 6.45) is 3.35. The van der Waals surface area contributed by atoms with E-state index in [-0.39, 0.29) is 11.2 Å². The number of hydrogen-bond acceptors (Lipinski definition) is 7. The third kappa shape index (κ3) is 4.30. The molecule has 140 valence electrons. The highest BCUT2D eigenvalue weighted by molar-refractivity contribution is 8.00. The summed E-state index contributed by atoms with van der Waals surface area (Å²) in [5.74, 6) is 1.76.